The van der Waals surface area contributed by atoms with Crippen LogP contribution in [0.25, 0.3) is 0 Å². The summed E-state index contributed by atoms with van der Waals surface area (Å²) < 4.78 is 5.51. The van der Waals surface area contributed by atoms with Crippen LogP contribution in [-0.2, 0) is 9.53 Å². The van der Waals surface area contributed by atoms with Crippen LogP contribution in [0.1, 0.15) is 38.2 Å². The first-order valence-corrected chi connectivity index (χ1v) is 6.69. The Morgan fingerprint density at radius 1 is 1.58 bits per heavy atom. The fourth-order valence-corrected chi connectivity index (χ4v) is 2.23. The number of halogens is 1. The van der Waals surface area contributed by atoms with Crippen molar-refractivity contribution in [3.8, 4) is 0 Å². The summed E-state index contributed by atoms with van der Waals surface area (Å²) in [6.07, 6.45) is 0.432. The molecule has 1 heterocycles. The van der Waals surface area contributed by atoms with Crippen LogP contribution in [0.3, 0.4) is 0 Å². The Balaban J connectivity index is 2.76. The zero-order chi connectivity index (χ0) is 14.6. The van der Waals surface area contributed by atoms with E-state index < -0.39 is 23.7 Å². The van der Waals surface area contributed by atoms with Crippen molar-refractivity contribution in [3.05, 3.63) is 15.5 Å². The predicted molar refractivity (Wildman–Crippen MR) is 71.5 cm³/mol. The van der Waals surface area contributed by atoms with Gasteiger partial charge < -0.3 is 15.2 Å². The second-order valence-electron chi connectivity index (χ2n) is 4.80. The Morgan fingerprint density at radius 3 is 2.63 bits per heavy atom. The molecular weight excluding hydrogens is 292 g/mol. The number of aromatic nitrogens is 1. The van der Waals surface area contributed by atoms with E-state index in [-0.39, 0.29) is 6.42 Å². The van der Waals surface area contributed by atoms with E-state index in [0.29, 0.717) is 9.34 Å². The lowest BCUT2D eigenvalue weighted by Gasteiger charge is -2.22. The van der Waals surface area contributed by atoms with Gasteiger partial charge >= 0.3 is 12.1 Å². The molecule has 0 aliphatic carbocycles. The maximum absolute atomic E-state index is 11.6. The number of aliphatic carboxylic acids is 1. The molecule has 2 N–H and O–H groups in total. The van der Waals surface area contributed by atoms with Gasteiger partial charge in [-0.15, -0.1) is 11.3 Å². The number of thiazole rings is 1. The summed E-state index contributed by atoms with van der Waals surface area (Å²) in [6.45, 7) is 5.16. The second-order valence-corrected chi connectivity index (χ2v) is 6.49. The number of amides is 1. The van der Waals surface area contributed by atoms with E-state index >= 15 is 0 Å². The fourth-order valence-electron chi connectivity index (χ4n) is 1.25. The van der Waals surface area contributed by atoms with Gasteiger partial charge in [-0.1, -0.05) is 11.6 Å². The van der Waals surface area contributed by atoms with Crippen LogP contribution < -0.4 is 5.32 Å². The number of carbonyl (C=O) groups is 2. The van der Waals surface area contributed by atoms with E-state index in [1.54, 1.807) is 20.8 Å². The molecule has 19 heavy (non-hydrogen) atoms. The minimum atomic E-state index is -1.05. The highest BCUT2D eigenvalue weighted by Gasteiger charge is 2.24. The normalized spacial score (nSPS) is 12.8. The van der Waals surface area contributed by atoms with Crippen LogP contribution in [0.2, 0.25) is 4.34 Å². The van der Waals surface area contributed by atoms with Crippen LogP contribution in [0, 0.1) is 0 Å². The van der Waals surface area contributed by atoms with Crippen LogP contribution in [0.4, 0.5) is 4.79 Å². The number of hydrogen-bond donors (Lipinski definition) is 2. The lowest BCUT2D eigenvalue weighted by Crippen LogP contribution is -2.35. The molecule has 6 nitrogen and oxygen atoms in total. The fraction of sp³-hybridized carbons (Fsp3) is 0.545. The van der Waals surface area contributed by atoms with Gasteiger partial charge in [-0.25, -0.2) is 9.78 Å². The summed E-state index contributed by atoms with van der Waals surface area (Å²) in [7, 11) is 0. The molecule has 1 aromatic heterocycles. The molecule has 1 rings (SSSR count). The minimum Gasteiger partial charge on any atom is -0.481 e. The van der Waals surface area contributed by atoms with Crippen molar-refractivity contribution in [1.29, 1.82) is 0 Å². The van der Waals surface area contributed by atoms with E-state index in [2.05, 4.69) is 10.3 Å². The third-order valence-corrected chi connectivity index (χ3v) is 3.09. The number of hydrogen-bond acceptors (Lipinski definition) is 5. The maximum atomic E-state index is 11.6. The number of carbonyl (C=O) groups excluding carboxylic acids is 1. The molecule has 0 saturated heterocycles. The summed E-state index contributed by atoms with van der Waals surface area (Å²) in [4.78, 5) is 26.4. The first-order chi connectivity index (χ1) is 8.67. The molecule has 0 aliphatic heterocycles. The highest BCUT2D eigenvalue weighted by Crippen LogP contribution is 2.26. The average molecular weight is 307 g/mol. The Labute approximate surface area is 119 Å². The summed E-state index contributed by atoms with van der Waals surface area (Å²) >= 11 is 6.87. The van der Waals surface area contributed by atoms with Crippen molar-refractivity contribution in [2.75, 3.05) is 0 Å². The zero-order valence-corrected chi connectivity index (χ0v) is 12.3. The molecule has 0 aliphatic rings. The lowest BCUT2D eigenvalue weighted by molar-refractivity contribution is -0.137. The van der Waals surface area contributed by atoms with Gasteiger partial charge in [0.25, 0.3) is 0 Å². The van der Waals surface area contributed by atoms with Gasteiger partial charge in [-0.2, -0.15) is 0 Å². The molecule has 0 spiro atoms. The molecule has 0 aromatic carbocycles. The molecule has 1 unspecified atom stereocenters. The Hall–Kier alpha value is -1.34. The second kappa shape index (κ2) is 6.21. The number of ether oxygens (including phenoxy) is 1. The zero-order valence-electron chi connectivity index (χ0n) is 10.8. The predicted octanol–water partition coefficient (Wildman–Crippen LogP) is 2.84. The Kier molecular flexibility index (Phi) is 5.13. The topological polar surface area (TPSA) is 88.5 Å². The van der Waals surface area contributed by atoms with Crippen LogP contribution in [-0.4, -0.2) is 27.8 Å². The third-order valence-electron chi connectivity index (χ3n) is 1.86. The Morgan fingerprint density at radius 2 is 2.21 bits per heavy atom. The van der Waals surface area contributed by atoms with Gasteiger partial charge in [0.05, 0.1) is 18.7 Å². The number of carboxylic acids is 1. The first-order valence-electron chi connectivity index (χ1n) is 5.50. The van der Waals surface area contributed by atoms with Crippen molar-refractivity contribution < 1.29 is 19.4 Å². The standard InChI is InChI=1S/C11H15ClN2O4S/c1-11(2,3)18-10(17)14-6(4-8(15)16)9-13-5-7(12)19-9/h5-6H,4H2,1-3H3,(H,14,17)(H,15,16). The van der Waals surface area contributed by atoms with Crippen molar-refractivity contribution in [2.45, 2.75) is 38.8 Å². The van der Waals surface area contributed by atoms with E-state index in [1.807, 2.05) is 0 Å². The van der Waals surface area contributed by atoms with Crippen LogP contribution >= 0.6 is 22.9 Å². The van der Waals surface area contributed by atoms with Crippen molar-refractivity contribution in [2.24, 2.45) is 0 Å². The summed E-state index contributed by atoms with van der Waals surface area (Å²) in [5, 5.41) is 11.8. The van der Waals surface area contributed by atoms with Gasteiger partial charge in [-0.3, -0.25) is 4.79 Å². The maximum Gasteiger partial charge on any atom is 0.408 e. The van der Waals surface area contributed by atoms with E-state index in [4.69, 9.17) is 21.4 Å². The number of rotatable bonds is 4. The summed E-state index contributed by atoms with van der Waals surface area (Å²) in [5.41, 5.74) is -0.654. The monoisotopic (exact) mass is 306 g/mol. The summed E-state index contributed by atoms with van der Waals surface area (Å²) in [5.74, 6) is -1.05. The molecule has 1 atom stereocenters. The molecular formula is C11H15ClN2O4S. The van der Waals surface area contributed by atoms with Gasteiger partial charge in [0, 0.05) is 0 Å². The molecule has 106 valence electrons. The largest absolute Gasteiger partial charge is 0.481 e. The highest BCUT2D eigenvalue weighted by molar-refractivity contribution is 7.15. The number of carboxylic acid groups (broad SMARTS) is 1. The quantitative estimate of drug-likeness (QED) is 0.893. The van der Waals surface area contributed by atoms with Gasteiger partial charge in [0.2, 0.25) is 0 Å². The van der Waals surface area contributed by atoms with Crippen LogP contribution in [0.5, 0.6) is 0 Å². The first kappa shape index (κ1) is 15.7. The van der Waals surface area contributed by atoms with Gasteiger partial charge in [-0.05, 0) is 20.8 Å². The lowest BCUT2D eigenvalue weighted by atomic mass is 10.2. The van der Waals surface area contributed by atoms with Gasteiger partial charge in [0.1, 0.15) is 14.9 Å². The molecule has 0 fully saturated rings. The van der Waals surface area contributed by atoms with E-state index in [0.717, 1.165) is 11.3 Å². The van der Waals surface area contributed by atoms with E-state index in [1.165, 1.54) is 6.20 Å². The SMILES string of the molecule is CC(C)(C)OC(=O)NC(CC(=O)O)c1ncc(Cl)s1. The number of nitrogens with one attached hydrogen (secondary N) is 1. The molecule has 0 saturated carbocycles. The van der Waals surface area contributed by atoms with Crippen molar-refractivity contribution in [3.63, 3.8) is 0 Å². The van der Waals surface area contributed by atoms with Gasteiger partial charge in [0.15, 0.2) is 0 Å². The average Bonchev–Trinajstić information content (AvgIpc) is 2.60. The minimum absolute atomic E-state index is 0.289. The summed E-state index contributed by atoms with van der Waals surface area (Å²) in [6, 6.07) is -0.759. The van der Waals surface area contributed by atoms with Crippen molar-refractivity contribution in [1.82, 2.24) is 10.3 Å². The molecule has 1 aromatic rings. The Bertz CT molecular complexity index is 470. The van der Waals surface area contributed by atoms with E-state index in [9.17, 15) is 9.59 Å². The van der Waals surface area contributed by atoms with Crippen molar-refractivity contribution >= 4 is 35.0 Å². The molecule has 0 radical (unpaired) electrons. The number of alkyl carbamates (subject to hydrolysis) is 1. The highest BCUT2D eigenvalue weighted by atomic mass is 35.5. The van der Waals surface area contributed by atoms with Crippen LogP contribution in [0.15, 0.2) is 6.20 Å². The third kappa shape index (κ3) is 5.89. The molecule has 0 bridgehead atoms. The number of nitrogens with zero attached hydrogens (tertiary/aromatic N) is 1. The smallest absolute Gasteiger partial charge is 0.408 e. The molecule has 1 amide bonds. The molecule has 8 heteroatoms.